The summed E-state index contributed by atoms with van der Waals surface area (Å²) in [6, 6.07) is 7.02. The fourth-order valence-corrected chi connectivity index (χ4v) is 2.52. The summed E-state index contributed by atoms with van der Waals surface area (Å²) < 4.78 is 10.2. The fraction of sp³-hybridized carbons (Fsp3) is 0.562. The van der Waals surface area contributed by atoms with Gasteiger partial charge in [-0.05, 0) is 49.9 Å². The second-order valence-corrected chi connectivity index (χ2v) is 5.55. The predicted octanol–water partition coefficient (Wildman–Crippen LogP) is 1.80. The summed E-state index contributed by atoms with van der Waals surface area (Å²) >= 11 is 0. The maximum Gasteiger partial charge on any atom is 0.246 e. The number of benzene rings is 1. The van der Waals surface area contributed by atoms with Crippen molar-refractivity contribution in [1.82, 2.24) is 0 Å². The standard InChI is InChI=1S/C16H24N2O3/c1-11(12-4-5-12)18(16(19)15(17)10-20-2)13-6-8-14(21-3)9-7-13/h6-9,11-12,15H,4-5,10,17H2,1-3H3. The van der Waals surface area contributed by atoms with Gasteiger partial charge in [0.25, 0.3) is 0 Å². The number of methoxy groups -OCH3 is 2. The Labute approximate surface area is 126 Å². The van der Waals surface area contributed by atoms with Gasteiger partial charge < -0.3 is 20.1 Å². The van der Waals surface area contributed by atoms with Gasteiger partial charge in [-0.2, -0.15) is 0 Å². The zero-order chi connectivity index (χ0) is 15.4. The smallest absolute Gasteiger partial charge is 0.246 e. The molecule has 5 nitrogen and oxygen atoms in total. The monoisotopic (exact) mass is 292 g/mol. The van der Waals surface area contributed by atoms with Gasteiger partial charge in [0.05, 0.1) is 13.7 Å². The van der Waals surface area contributed by atoms with Gasteiger partial charge in [0, 0.05) is 18.8 Å². The Balaban J connectivity index is 2.23. The average Bonchev–Trinajstić information content (AvgIpc) is 3.33. The molecule has 0 aromatic heterocycles. The molecule has 2 N–H and O–H groups in total. The van der Waals surface area contributed by atoms with Crippen LogP contribution in [0.5, 0.6) is 5.75 Å². The van der Waals surface area contributed by atoms with Crippen LogP contribution in [0, 0.1) is 5.92 Å². The van der Waals surface area contributed by atoms with E-state index in [0.29, 0.717) is 5.92 Å². The summed E-state index contributed by atoms with van der Waals surface area (Å²) in [6.07, 6.45) is 2.33. The average molecular weight is 292 g/mol. The first-order chi connectivity index (χ1) is 10.1. The van der Waals surface area contributed by atoms with Crippen molar-refractivity contribution < 1.29 is 14.3 Å². The molecule has 1 fully saturated rings. The molecule has 2 rings (SSSR count). The minimum absolute atomic E-state index is 0.0959. The first-order valence-corrected chi connectivity index (χ1v) is 7.30. The molecular formula is C16H24N2O3. The van der Waals surface area contributed by atoms with Crippen molar-refractivity contribution in [3.8, 4) is 5.75 Å². The molecule has 2 atom stereocenters. The summed E-state index contributed by atoms with van der Waals surface area (Å²) in [5.74, 6) is 1.23. The molecule has 1 aromatic carbocycles. The molecular weight excluding hydrogens is 268 g/mol. The summed E-state index contributed by atoms with van der Waals surface area (Å²) in [5.41, 5.74) is 6.79. The molecule has 21 heavy (non-hydrogen) atoms. The van der Waals surface area contributed by atoms with E-state index in [1.807, 2.05) is 24.3 Å². The highest BCUT2D eigenvalue weighted by Crippen LogP contribution is 2.37. The van der Waals surface area contributed by atoms with Gasteiger partial charge in [0.1, 0.15) is 11.8 Å². The second kappa shape index (κ2) is 6.91. The minimum Gasteiger partial charge on any atom is -0.497 e. The molecule has 0 bridgehead atoms. The number of ether oxygens (including phenoxy) is 2. The highest BCUT2D eigenvalue weighted by Gasteiger charge is 2.36. The number of anilines is 1. The zero-order valence-electron chi connectivity index (χ0n) is 12.9. The van der Waals surface area contributed by atoms with Crippen molar-refractivity contribution in [2.24, 2.45) is 11.7 Å². The van der Waals surface area contributed by atoms with Crippen LogP contribution in [0.2, 0.25) is 0 Å². The Hall–Kier alpha value is -1.59. The summed E-state index contributed by atoms with van der Waals surface area (Å²) in [7, 11) is 3.18. The molecule has 0 heterocycles. The summed E-state index contributed by atoms with van der Waals surface area (Å²) in [5, 5.41) is 0. The van der Waals surface area contributed by atoms with E-state index in [4.69, 9.17) is 15.2 Å². The molecule has 0 aliphatic heterocycles. The number of carbonyl (C=O) groups excluding carboxylic acids is 1. The number of hydrogen-bond donors (Lipinski definition) is 1. The van der Waals surface area contributed by atoms with Crippen LogP contribution in [0.3, 0.4) is 0 Å². The van der Waals surface area contributed by atoms with Gasteiger partial charge in [-0.15, -0.1) is 0 Å². The summed E-state index contributed by atoms with van der Waals surface area (Å²) in [6.45, 7) is 2.31. The van der Waals surface area contributed by atoms with E-state index in [1.54, 1.807) is 19.1 Å². The maximum absolute atomic E-state index is 12.7. The molecule has 116 valence electrons. The van der Waals surface area contributed by atoms with Crippen LogP contribution in [0.1, 0.15) is 19.8 Å². The van der Waals surface area contributed by atoms with Crippen molar-refractivity contribution in [2.75, 3.05) is 25.7 Å². The molecule has 1 saturated carbocycles. The van der Waals surface area contributed by atoms with Gasteiger partial charge in [-0.3, -0.25) is 4.79 Å². The van der Waals surface area contributed by atoms with Crippen molar-refractivity contribution in [1.29, 1.82) is 0 Å². The lowest BCUT2D eigenvalue weighted by Crippen LogP contribution is -2.50. The van der Waals surface area contributed by atoms with Crippen molar-refractivity contribution in [2.45, 2.75) is 31.8 Å². The van der Waals surface area contributed by atoms with Crippen LogP contribution in [0.15, 0.2) is 24.3 Å². The number of nitrogens with zero attached hydrogens (tertiary/aromatic N) is 1. The topological polar surface area (TPSA) is 64.8 Å². The van der Waals surface area contributed by atoms with Crippen molar-refractivity contribution >= 4 is 11.6 Å². The van der Waals surface area contributed by atoms with Crippen molar-refractivity contribution in [3.63, 3.8) is 0 Å². The Morgan fingerprint density at radius 1 is 1.33 bits per heavy atom. The van der Waals surface area contributed by atoms with E-state index in [1.165, 1.54) is 12.8 Å². The number of amides is 1. The molecule has 0 spiro atoms. The van der Waals surface area contributed by atoms with E-state index in [2.05, 4.69) is 6.92 Å². The van der Waals surface area contributed by atoms with Gasteiger partial charge in [0.15, 0.2) is 0 Å². The van der Waals surface area contributed by atoms with Crippen LogP contribution < -0.4 is 15.4 Å². The molecule has 0 radical (unpaired) electrons. The largest absolute Gasteiger partial charge is 0.497 e. The normalized spacial score (nSPS) is 17.1. The van der Waals surface area contributed by atoms with Gasteiger partial charge in [0.2, 0.25) is 5.91 Å². The third kappa shape index (κ3) is 3.74. The van der Waals surface area contributed by atoms with Crippen LogP contribution in [0.4, 0.5) is 5.69 Å². The third-order valence-corrected chi connectivity index (χ3v) is 3.96. The Kier molecular flexibility index (Phi) is 5.20. The van der Waals surface area contributed by atoms with E-state index >= 15 is 0 Å². The molecule has 1 amide bonds. The Morgan fingerprint density at radius 2 is 1.95 bits per heavy atom. The van der Waals surface area contributed by atoms with Gasteiger partial charge in [-0.25, -0.2) is 0 Å². The Morgan fingerprint density at radius 3 is 2.43 bits per heavy atom. The van der Waals surface area contributed by atoms with Gasteiger partial charge in [-0.1, -0.05) is 0 Å². The zero-order valence-corrected chi connectivity index (χ0v) is 12.9. The molecule has 2 unspecified atom stereocenters. The van der Waals surface area contributed by atoms with E-state index in [-0.39, 0.29) is 18.6 Å². The Bertz CT molecular complexity index is 471. The first-order valence-electron chi connectivity index (χ1n) is 7.30. The predicted molar refractivity (Wildman–Crippen MR) is 82.5 cm³/mol. The lowest BCUT2D eigenvalue weighted by molar-refractivity contribution is -0.121. The van der Waals surface area contributed by atoms with E-state index in [9.17, 15) is 4.79 Å². The highest BCUT2D eigenvalue weighted by atomic mass is 16.5. The fourth-order valence-electron chi connectivity index (χ4n) is 2.52. The van der Waals surface area contributed by atoms with Crippen molar-refractivity contribution in [3.05, 3.63) is 24.3 Å². The van der Waals surface area contributed by atoms with Crippen LogP contribution in [0.25, 0.3) is 0 Å². The third-order valence-electron chi connectivity index (χ3n) is 3.96. The van der Waals surface area contributed by atoms with Crippen LogP contribution in [-0.4, -0.2) is 38.8 Å². The quantitative estimate of drug-likeness (QED) is 0.832. The van der Waals surface area contributed by atoms with Crippen LogP contribution >= 0.6 is 0 Å². The molecule has 1 aromatic rings. The minimum atomic E-state index is -0.640. The van der Waals surface area contributed by atoms with E-state index in [0.717, 1.165) is 11.4 Å². The molecule has 0 saturated heterocycles. The molecule has 5 heteroatoms. The number of nitrogens with two attached hydrogens (primary N) is 1. The SMILES string of the molecule is COCC(N)C(=O)N(c1ccc(OC)cc1)C(C)C1CC1. The summed E-state index contributed by atoms with van der Waals surface area (Å²) in [4.78, 5) is 14.5. The molecule has 1 aliphatic rings. The maximum atomic E-state index is 12.7. The van der Waals surface area contributed by atoms with Gasteiger partial charge >= 0.3 is 0 Å². The van der Waals surface area contributed by atoms with Crippen LogP contribution in [-0.2, 0) is 9.53 Å². The number of rotatable bonds is 7. The lowest BCUT2D eigenvalue weighted by Gasteiger charge is -2.31. The number of carbonyl (C=O) groups is 1. The first kappa shape index (κ1) is 15.8. The molecule has 1 aliphatic carbocycles. The second-order valence-electron chi connectivity index (χ2n) is 5.55. The lowest BCUT2D eigenvalue weighted by atomic mass is 10.1. The number of hydrogen-bond acceptors (Lipinski definition) is 4. The highest BCUT2D eigenvalue weighted by molar-refractivity contribution is 5.97. The van der Waals surface area contributed by atoms with E-state index < -0.39 is 6.04 Å².